The summed E-state index contributed by atoms with van der Waals surface area (Å²) in [4.78, 5) is 8.48. The molecule has 0 saturated carbocycles. The van der Waals surface area contributed by atoms with Crippen molar-refractivity contribution in [3.05, 3.63) is 54.9 Å². The zero-order valence-electron chi connectivity index (χ0n) is 11.8. The lowest BCUT2D eigenvalue weighted by Gasteiger charge is -2.08. The topological polar surface area (TPSA) is 55.2 Å². The van der Waals surface area contributed by atoms with E-state index in [-0.39, 0.29) is 0 Å². The van der Waals surface area contributed by atoms with Gasteiger partial charge in [0, 0.05) is 23.5 Å². The van der Waals surface area contributed by atoms with E-state index in [9.17, 15) is 5.11 Å². The van der Waals surface area contributed by atoms with Gasteiger partial charge in [-0.05, 0) is 31.2 Å². The van der Waals surface area contributed by atoms with Crippen molar-refractivity contribution in [1.29, 1.82) is 0 Å². The van der Waals surface area contributed by atoms with Gasteiger partial charge in [0.25, 0.3) is 0 Å². The Kier molecular flexibility index (Phi) is 5.08. The van der Waals surface area contributed by atoms with Gasteiger partial charge < -0.3 is 9.84 Å². The van der Waals surface area contributed by atoms with Gasteiger partial charge in [-0.15, -0.1) is 0 Å². The third-order valence-corrected chi connectivity index (χ3v) is 2.58. The minimum Gasteiger partial charge on any atom is -0.490 e. The highest BCUT2D eigenvalue weighted by molar-refractivity contribution is 5.67. The molecule has 1 atom stereocenters. The number of aliphatic hydroxyl groups excluding tert-OH is 1. The normalized spacial score (nSPS) is 11.1. The van der Waals surface area contributed by atoms with Gasteiger partial charge in [-0.2, -0.15) is 0 Å². The maximum Gasteiger partial charge on any atom is 0.160 e. The molecule has 0 aliphatic rings. The summed E-state index contributed by atoms with van der Waals surface area (Å²) >= 11 is 0. The fraction of sp³-hybridized carbons (Fsp3) is 0.176. The van der Waals surface area contributed by atoms with Gasteiger partial charge in [0.1, 0.15) is 18.5 Å². The number of aromatic nitrogens is 2. The predicted octanol–water partition coefficient (Wildman–Crippen LogP) is 2.44. The first-order valence-corrected chi connectivity index (χ1v) is 6.55. The highest BCUT2D eigenvalue weighted by Gasteiger charge is 2.08. The van der Waals surface area contributed by atoms with E-state index < -0.39 is 6.10 Å². The Morgan fingerprint density at radius 1 is 1.38 bits per heavy atom. The molecule has 1 N–H and O–H groups in total. The quantitative estimate of drug-likeness (QED) is 0.690. The zero-order valence-corrected chi connectivity index (χ0v) is 11.8. The van der Waals surface area contributed by atoms with Crippen LogP contribution in [0, 0.1) is 11.8 Å². The molecule has 1 aromatic carbocycles. The number of rotatable bonds is 4. The van der Waals surface area contributed by atoms with Crippen LogP contribution < -0.4 is 4.74 Å². The Bertz CT molecular complexity index is 670. The van der Waals surface area contributed by atoms with E-state index in [1.54, 1.807) is 31.5 Å². The third kappa shape index (κ3) is 4.16. The molecule has 4 heteroatoms. The number of ether oxygens (including phenoxy) is 1. The van der Waals surface area contributed by atoms with Crippen molar-refractivity contribution < 1.29 is 9.84 Å². The predicted molar refractivity (Wildman–Crippen MR) is 81.7 cm³/mol. The SMILES string of the molecule is C=CCOc1ccc(C#CC(C)O)c(-c2ncccn2)c1. The van der Waals surface area contributed by atoms with Crippen molar-refractivity contribution in [2.24, 2.45) is 0 Å². The average Bonchev–Trinajstić information content (AvgIpc) is 2.52. The van der Waals surface area contributed by atoms with Crippen molar-refractivity contribution in [3.8, 4) is 29.0 Å². The molecule has 1 unspecified atom stereocenters. The molecule has 0 amide bonds. The zero-order chi connectivity index (χ0) is 15.1. The maximum absolute atomic E-state index is 9.31. The standard InChI is InChI=1S/C17H16N2O2/c1-3-11-21-15-8-7-14(6-5-13(2)20)16(12-15)17-18-9-4-10-19-17/h3-4,7-10,12-13,20H,1,11H2,2H3. The van der Waals surface area contributed by atoms with E-state index in [2.05, 4.69) is 28.4 Å². The number of hydrogen-bond acceptors (Lipinski definition) is 4. The molecule has 0 fully saturated rings. The summed E-state index contributed by atoms with van der Waals surface area (Å²) in [7, 11) is 0. The minimum atomic E-state index is -0.689. The summed E-state index contributed by atoms with van der Waals surface area (Å²) in [5.74, 6) is 6.93. The molecule has 1 heterocycles. The molecule has 0 aliphatic heterocycles. The first kappa shape index (κ1) is 14.8. The number of hydrogen-bond donors (Lipinski definition) is 1. The van der Waals surface area contributed by atoms with Crippen molar-refractivity contribution in [2.75, 3.05) is 6.61 Å². The summed E-state index contributed by atoms with van der Waals surface area (Å²) in [6.45, 7) is 5.67. The van der Waals surface area contributed by atoms with Crippen LogP contribution in [0.5, 0.6) is 5.75 Å². The Balaban J connectivity index is 2.46. The molecular weight excluding hydrogens is 264 g/mol. The molecule has 2 aromatic rings. The van der Waals surface area contributed by atoms with Crippen LogP contribution in [-0.2, 0) is 0 Å². The monoisotopic (exact) mass is 280 g/mol. The summed E-state index contributed by atoms with van der Waals surface area (Å²) < 4.78 is 5.53. The van der Waals surface area contributed by atoms with Crippen LogP contribution in [0.4, 0.5) is 0 Å². The van der Waals surface area contributed by atoms with Crippen molar-refractivity contribution >= 4 is 0 Å². The van der Waals surface area contributed by atoms with Gasteiger partial charge in [0.2, 0.25) is 0 Å². The second kappa shape index (κ2) is 7.22. The number of nitrogens with zero attached hydrogens (tertiary/aromatic N) is 2. The molecule has 0 saturated heterocycles. The third-order valence-electron chi connectivity index (χ3n) is 2.58. The molecule has 1 aromatic heterocycles. The Labute approximate surface area is 124 Å². The van der Waals surface area contributed by atoms with Crippen molar-refractivity contribution in [2.45, 2.75) is 13.0 Å². The van der Waals surface area contributed by atoms with Crippen LogP contribution >= 0.6 is 0 Å². The fourth-order valence-corrected chi connectivity index (χ4v) is 1.68. The summed E-state index contributed by atoms with van der Waals surface area (Å²) in [5, 5.41) is 9.31. The van der Waals surface area contributed by atoms with Gasteiger partial charge >= 0.3 is 0 Å². The highest BCUT2D eigenvalue weighted by Crippen LogP contribution is 2.25. The van der Waals surface area contributed by atoms with Crippen molar-refractivity contribution in [3.63, 3.8) is 0 Å². The van der Waals surface area contributed by atoms with Crippen LogP contribution in [-0.4, -0.2) is 27.8 Å². The van der Waals surface area contributed by atoms with Crippen LogP contribution in [0.3, 0.4) is 0 Å². The van der Waals surface area contributed by atoms with Gasteiger partial charge in [0.15, 0.2) is 5.82 Å². The van der Waals surface area contributed by atoms with Crippen LogP contribution in [0.2, 0.25) is 0 Å². The summed E-state index contributed by atoms with van der Waals surface area (Å²) in [5.41, 5.74) is 1.51. The van der Waals surface area contributed by atoms with Gasteiger partial charge in [-0.25, -0.2) is 9.97 Å². The lowest BCUT2D eigenvalue weighted by molar-refractivity contribution is 0.253. The van der Waals surface area contributed by atoms with E-state index in [4.69, 9.17) is 4.74 Å². The fourth-order valence-electron chi connectivity index (χ4n) is 1.68. The second-order valence-electron chi connectivity index (χ2n) is 4.32. The molecule has 21 heavy (non-hydrogen) atoms. The Hall–Kier alpha value is -2.64. The maximum atomic E-state index is 9.31. The number of aliphatic hydroxyl groups is 1. The average molecular weight is 280 g/mol. The van der Waals surface area contributed by atoms with E-state index in [1.165, 1.54) is 0 Å². The van der Waals surface area contributed by atoms with E-state index >= 15 is 0 Å². The largest absolute Gasteiger partial charge is 0.490 e. The minimum absolute atomic E-state index is 0.424. The molecule has 0 aliphatic carbocycles. The Morgan fingerprint density at radius 2 is 2.14 bits per heavy atom. The Morgan fingerprint density at radius 3 is 2.81 bits per heavy atom. The first-order chi connectivity index (χ1) is 10.2. The van der Waals surface area contributed by atoms with E-state index in [1.807, 2.05) is 18.2 Å². The molecule has 0 spiro atoms. The molecule has 2 rings (SSSR count). The van der Waals surface area contributed by atoms with Gasteiger partial charge in [-0.1, -0.05) is 24.5 Å². The van der Waals surface area contributed by atoms with Crippen LogP contribution in [0.15, 0.2) is 49.3 Å². The van der Waals surface area contributed by atoms with Gasteiger partial charge in [0.05, 0.1) is 0 Å². The van der Waals surface area contributed by atoms with E-state index in [0.717, 1.165) is 11.1 Å². The molecule has 0 radical (unpaired) electrons. The van der Waals surface area contributed by atoms with Gasteiger partial charge in [-0.3, -0.25) is 0 Å². The number of benzene rings is 1. The summed E-state index contributed by atoms with van der Waals surface area (Å²) in [6.07, 6.45) is 4.34. The summed E-state index contributed by atoms with van der Waals surface area (Å²) in [6, 6.07) is 7.25. The smallest absolute Gasteiger partial charge is 0.160 e. The molecule has 0 bridgehead atoms. The lowest BCUT2D eigenvalue weighted by atomic mass is 10.1. The second-order valence-corrected chi connectivity index (χ2v) is 4.32. The van der Waals surface area contributed by atoms with Crippen LogP contribution in [0.25, 0.3) is 11.4 Å². The first-order valence-electron chi connectivity index (χ1n) is 6.55. The molecule has 4 nitrogen and oxygen atoms in total. The van der Waals surface area contributed by atoms with E-state index in [0.29, 0.717) is 18.2 Å². The van der Waals surface area contributed by atoms with Crippen LogP contribution in [0.1, 0.15) is 12.5 Å². The van der Waals surface area contributed by atoms with Crippen molar-refractivity contribution in [1.82, 2.24) is 9.97 Å². The lowest BCUT2D eigenvalue weighted by Crippen LogP contribution is -1.97. The molecular formula is C17H16N2O2. The molecule has 106 valence electrons. The highest BCUT2D eigenvalue weighted by atomic mass is 16.5.